The second-order valence-electron chi connectivity index (χ2n) is 12.1. The van der Waals surface area contributed by atoms with Gasteiger partial charge in [0, 0.05) is 44.8 Å². The van der Waals surface area contributed by atoms with Crippen LogP contribution in [0.15, 0.2) is 27.6 Å². The molecule has 1 aromatic heterocycles. The molecule has 1 aliphatic rings. The van der Waals surface area contributed by atoms with Crippen LogP contribution in [0.1, 0.15) is 74.7 Å². The monoisotopic (exact) mass is 690 g/mol. The fraction of sp³-hybridized carbons (Fsp3) is 0.645. The van der Waals surface area contributed by atoms with E-state index in [1.54, 1.807) is 13.8 Å². The molecule has 2 N–H and O–H groups in total. The van der Waals surface area contributed by atoms with E-state index in [0.29, 0.717) is 25.9 Å². The van der Waals surface area contributed by atoms with Gasteiger partial charge in [0.2, 0.25) is 15.9 Å². The summed E-state index contributed by atoms with van der Waals surface area (Å²) >= 11 is 0. The number of rotatable bonds is 9. The van der Waals surface area contributed by atoms with Crippen molar-refractivity contribution < 1.29 is 50.3 Å². The van der Waals surface area contributed by atoms with Crippen molar-refractivity contribution in [3.8, 4) is 5.75 Å². The van der Waals surface area contributed by atoms with Crippen molar-refractivity contribution in [2.75, 3.05) is 38.7 Å². The molecular formula is C31H45F3N4O8S. The molecule has 12 nitrogen and oxygen atoms in total. The zero-order chi connectivity index (χ0) is 35.1. The average Bonchev–Trinajstić information content (AvgIpc) is 3.35. The van der Waals surface area contributed by atoms with Gasteiger partial charge in [0.15, 0.2) is 5.76 Å². The van der Waals surface area contributed by atoms with Gasteiger partial charge in [-0.3, -0.25) is 9.59 Å². The Labute approximate surface area is 273 Å². The molecule has 0 radical (unpaired) electrons. The standard InChI is InChI=1S/C31H45F3N4O8S/c1-19-16-38(20(2)18-39)30(41)25-15-24(35-28(40)12-13-31(32,33)34)10-11-26(25)45-21(3)9-7-8-14-44-27(19)17-37(6)47(42,43)29-22(4)36-46-23(29)5/h10-11,15,19-21,27,39H,7-9,12-14,16-18H2,1-6H3,(H,35,40)/t19-,20+,21-,27-/m0/s1. The lowest BCUT2D eigenvalue weighted by Gasteiger charge is -2.35. The molecule has 3 rings (SSSR count). The number of aliphatic hydroxyl groups is 1. The molecule has 0 fully saturated rings. The Morgan fingerprint density at radius 2 is 1.94 bits per heavy atom. The highest BCUT2D eigenvalue weighted by Gasteiger charge is 2.34. The van der Waals surface area contributed by atoms with Gasteiger partial charge in [-0.25, -0.2) is 8.42 Å². The van der Waals surface area contributed by atoms with Crippen molar-refractivity contribution in [2.45, 2.75) is 96.0 Å². The predicted molar refractivity (Wildman–Crippen MR) is 167 cm³/mol. The first-order valence-electron chi connectivity index (χ1n) is 15.5. The zero-order valence-corrected chi connectivity index (χ0v) is 28.4. The minimum atomic E-state index is -4.50. The van der Waals surface area contributed by atoms with Crippen LogP contribution in [-0.4, -0.2) is 97.5 Å². The van der Waals surface area contributed by atoms with E-state index < -0.39 is 65.5 Å². The molecule has 0 unspecified atom stereocenters. The Morgan fingerprint density at radius 3 is 2.55 bits per heavy atom. The van der Waals surface area contributed by atoms with Crippen LogP contribution in [0.5, 0.6) is 5.75 Å². The lowest BCUT2D eigenvalue weighted by molar-refractivity contribution is -0.142. The van der Waals surface area contributed by atoms with Crippen molar-refractivity contribution in [1.82, 2.24) is 14.4 Å². The number of ether oxygens (including phenoxy) is 2. The number of carbonyl (C=O) groups is 2. The Morgan fingerprint density at radius 1 is 1.23 bits per heavy atom. The maximum absolute atomic E-state index is 14.2. The first kappa shape index (κ1) is 38.2. The van der Waals surface area contributed by atoms with Gasteiger partial charge in [0.25, 0.3) is 5.91 Å². The smallest absolute Gasteiger partial charge is 0.389 e. The number of hydrogen-bond donors (Lipinski definition) is 2. The molecule has 0 aliphatic carbocycles. The van der Waals surface area contributed by atoms with Crippen LogP contribution in [0.25, 0.3) is 0 Å². The molecule has 1 aromatic carbocycles. The van der Waals surface area contributed by atoms with E-state index in [1.165, 1.54) is 41.4 Å². The minimum absolute atomic E-state index is 0.0221. The van der Waals surface area contributed by atoms with Gasteiger partial charge in [0.05, 0.1) is 36.8 Å². The second-order valence-corrected chi connectivity index (χ2v) is 14.1. The van der Waals surface area contributed by atoms with Gasteiger partial charge >= 0.3 is 6.18 Å². The maximum Gasteiger partial charge on any atom is 0.389 e. The number of hydrogen-bond acceptors (Lipinski definition) is 9. The van der Waals surface area contributed by atoms with E-state index in [2.05, 4.69) is 10.5 Å². The summed E-state index contributed by atoms with van der Waals surface area (Å²) in [7, 11) is -2.57. The number of alkyl halides is 3. The van der Waals surface area contributed by atoms with Gasteiger partial charge in [-0.2, -0.15) is 17.5 Å². The number of likely N-dealkylation sites (N-methyl/N-ethyl adjacent to an activating group) is 1. The SMILES string of the molecule is Cc1noc(C)c1S(=O)(=O)N(C)C[C@@H]1OCCCC[C@H](C)Oc2ccc(NC(=O)CCC(F)(F)F)cc2C(=O)N([C@H](C)CO)C[C@@H]1C. The molecule has 2 aromatic rings. The minimum Gasteiger partial charge on any atom is -0.490 e. The van der Waals surface area contributed by atoms with Gasteiger partial charge in [-0.15, -0.1) is 0 Å². The van der Waals surface area contributed by atoms with E-state index in [9.17, 15) is 36.3 Å². The van der Waals surface area contributed by atoms with Crippen LogP contribution in [-0.2, 0) is 19.6 Å². The number of anilines is 1. The van der Waals surface area contributed by atoms with Crippen LogP contribution in [0, 0.1) is 19.8 Å². The lowest BCUT2D eigenvalue weighted by Crippen LogP contribution is -2.48. The molecular weight excluding hydrogens is 645 g/mol. The molecule has 0 saturated heterocycles. The third kappa shape index (κ3) is 10.4. The summed E-state index contributed by atoms with van der Waals surface area (Å²) in [6, 6.07) is 3.59. The predicted octanol–water partition coefficient (Wildman–Crippen LogP) is 4.69. The Hall–Kier alpha value is -3.21. The zero-order valence-electron chi connectivity index (χ0n) is 27.6. The molecule has 2 heterocycles. The molecule has 16 heteroatoms. The average molecular weight is 691 g/mol. The van der Waals surface area contributed by atoms with Crippen LogP contribution < -0.4 is 10.1 Å². The van der Waals surface area contributed by atoms with Crippen LogP contribution >= 0.6 is 0 Å². The number of nitrogens with zero attached hydrogens (tertiary/aromatic N) is 3. The summed E-state index contributed by atoms with van der Waals surface area (Å²) in [5, 5.41) is 16.3. The number of aromatic nitrogens is 1. The Balaban J connectivity index is 1.95. The van der Waals surface area contributed by atoms with E-state index in [0.717, 1.165) is 0 Å². The topological polar surface area (TPSA) is 152 Å². The first-order valence-corrected chi connectivity index (χ1v) is 17.0. The van der Waals surface area contributed by atoms with Crippen molar-refractivity contribution in [1.29, 1.82) is 0 Å². The summed E-state index contributed by atoms with van der Waals surface area (Å²) in [5.41, 5.74) is 0.387. The molecule has 47 heavy (non-hydrogen) atoms. The number of amides is 2. The van der Waals surface area contributed by atoms with E-state index >= 15 is 0 Å². The fourth-order valence-corrected chi connectivity index (χ4v) is 6.76. The summed E-state index contributed by atoms with van der Waals surface area (Å²) in [6.07, 6.45) is -5.60. The molecule has 2 amide bonds. The Kier molecular flexibility index (Phi) is 13.2. The number of aryl methyl sites for hydroxylation is 2. The maximum atomic E-state index is 14.2. The number of aliphatic hydroxyl groups excluding tert-OH is 1. The van der Waals surface area contributed by atoms with Crippen LogP contribution in [0.4, 0.5) is 18.9 Å². The number of fused-ring (bicyclic) bond motifs is 1. The van der Waals surface area contributed by atoms with Crippen LogP contribution in [0.2, 0.25) is 0 Å². The summed E-state index contributed by atoms with van der Waals surface area (Å²) < 4.78 is 83.6. The molecule has 0 bridgehead atoms. The quantitative estimate of drug-likeness (QED) is 0.382. The largest absolute Gasteiger partial charge is 0.490 e. The van der Waals surface area contributed by atoms with Gasteiger partial charge in [-0.1, -0.05) is 12.1 Å². The molecule has 0 spiro atoms. The highest BCUT2D eigenvalue weighted by Crippen LogP contribution is 2.30. The number of halogens is 3. The Bertz CT molecular complexity index is 1460. The first-order chi connectivity index (χ1) is 21.9. The third-order valence-corrected chi connectivity index (χ3v) is 10.1. The van der Waals surface area contributed by atoms with Crippen molar-refractivity contribution in [3.05, 3.63) is 35.2 Å². The fourth-order valence-electron chi connectivity index (χ4n) is 5.29. The normalized spacial score (nSPS) is 21.1. The van der Waals surface area contributed by atoms with Gasteiger partial charge in [-0.05, 0) is 65.2 Å². The number of carbonyl (C=O) groups excluding carboxylic acids is 2. The number of nitrogens with one attached hydrogen (secondary N) is 1. The van der Waals surface area contributed by atoms with Gasteiger partial charge < -0.3 is 29.3 Å². The van der Waals surface area contributed by atoms with Crippen molar-refractivity contribution >= 4 is 27.5 Å². The van der Waals surface area contributed by atoms with Crippen molar-refractivity contribution in [2.24, 2.45) is 5.92 Å². The number of sulfonamides is 1. The molecule has 264 valence electrons. The third-order valence-electron chi connectivity index (χ3n) is 8.04. The van der Waals surface area contributed by atoms with Crippen LogP contribution in [0.3, 0.4) is 0 Å². The number of benzene rings is 1. The second kappa shape index (κ2) is 16.3. The highest BCUT2D eigenvalue weighted by atomic mass is 32.2. The van der Waals surface area contributed by atoms with E-state index in [4.69, 9.17) is 14.0 Å². The molecule has 1 aliphatic heterocycles. The summed E-state index contributed by atoms with van der Waals surface area (Å²) in [6.45, 7) is 8.28. The van der Waals surface area contributed by atoms with Gasteiger partial charge in [0.1, 0.15) is 16.3 Å². The molecule has 4 atom stereocenters. The van der Waals surface area contributed by atoms with E-state index in [1.807, 2.05) is 13.8 Å². The highest BCUT2D eigenvalue weighted by molar-refractivity contribution is 7.89. The van der Waals surface area contributed by atoms with E-state index in [-0.39, 0.29) is 52.5 Å². The molecule has 0 saturated carbocycles. The lowest BCUT2D eigenvalue weighted by atomic mass is 10.0. The summed E-state index contributed by atoms with van der Waals surface area (Å²) in [5.74, 6) is -1.48. The summed E-state index contributed by atoms with van der Waals surface area (Å²) in [4.78, 5) is 27.8. The van der Waals surface area contributed by atoms with Crippen molar-refractivity contribution in [3.63, 3.8) is 0 Å².